The highest BCUT2D eigenvalue weighted by atomic mass is 19.1. The number of H-pyrrole nitrogens is 1. The van der Waals surface area contributed by atoms with Crippen LogP contribution in [-0.4, -0.2) is 35.5 Å². The van der Waals surface area contributed by atoms with E-state index >= 15 is 0 Å². The molecular formula is C27H26F2N6O. The SMILES string of the molecule is CC(C)(O)c1nc(-c2cccc([C@@]34CC[C@@H](c5cc(-c6c(F)cccc6F)nnc53)C4(C)C)n2)n[nH]1. The van der Waals surface area contributed by atoms with Crippen molar-refractivity contribution in [3.05, 3.63) is 76.9 Å². The van der Waals surface area contributed by atoms with Crippen LogP contribution in [0.5, 0.6) is 0 Å². The second kappa shape index (κ2) is 7.46. The van der Waals surface area contributed by atoms with E-state index in [1.165, 1.54) is 18.2 Å². The predicted molar refractivity (Wildman–Crippen MR) is 129 cm³/mol. The van der Waals surface area contributed by atoms with Crippen LogP contribution in [0.15, 0.2) is 42.5 Å². The lowest BCUT2D eigenvalue weighted by Gasteiger charge is -2.37. The lowest BCUT2D eigenvalue weighted by atomic mass is 9.66. The Kier molecular flexibility index (Phi) is 4.73. The van der Waals surface area contributed by atoms with Crippen molar-refractivity contribution in [3.8, 4) is 22.8 Å². The number of hydrogen-bond acceptors (Lipinski definition) is 6. The first-order chi connectivity index (χ1) is 17.0. The molecule has 36 heavy (non-hydrogen) atoms. The molecule has 0 aliphatic heterocycles. The van der Waals surface area contributed by atoms with Gasteiger partial charge in [-0.05, 0) is 73.9 Å². The molecule has 6 rings (SSSR count). The quantitative estimate of drug-likeness (QED) is 0.418. The van der Waals surface area contributed by atoms with Crippen molar-refractivity contribution in [3.63, 3.8) is 0 Å². The fraction of sp³-hybridized carbons (Fsp3) is 0.370. The van der Waals surface area contributed by atoms with Crippen LogP contribution in [0.1, 0.15) is 69.2 Å². The molecule has 2 aliphatic carbocycles. The molecule has 9 heteroatoms. The molecule has 0 saturated heterocycles. The van der Waals surface area contributed by atoms with E-state index in [0.717, 1.165) is 29.8 Å². The van der Waals surface area contributed by atoms with Gasteiger partial charge in [-0.1, -0.05) is 26.0 Å². The van der Waals surface area contributed by atoms with Crippen molar-refractivity contribution in [2.24, 2.45) is 5.41 Å². The van der Waals surface area contributed by atoms with Crippen LogP contribution in [0.3, 0.4) is 0 Å². The largest absolute Gasteiger partial charge is 0.382 e. The first-order valence-electron chi connectivity index (χ1n) is 12.0. The Hall–Kier alpha value is -3.59. The van der Waals surface area contributed by atoms with Gasteiger partial charge in [0.05, 0.1) is 28.1 Å². The average molecular weight is 489 g/mol. The van der Waals surface area contributed by atoms with Gasteiger partial charge in [0.15, 0.2) is 11.6 Å². The third-order valence-electron chi connectivity index (χ3n) is 8.08. The fourth-order valence-electron chi connectivity index (χ4n) is 6.20. The molecule has 3 aromatic heterocycles. The van der Waals surface area contributed by atoms with Gasteiger partial charge in [0.1, 0.15) is 22.9 Å². The van der Waals surface area contributed by atoms with E-state index in [1.54, 1.807) is 19.9 Å². The van der Waals surface area contributed by atoms with Crippen LogP contribution >= 0.6 is 0 Å². The van der Waals surface area contributed by atoms with Crippen molar-refractivity contribution in [1.29, 1.82) is 0 Å². The summed E-state index contributed by atoms with van der Waals surface area (Å²) in [6.45, 7) is 7.67. The monoisotopic (exact) mass is 488 g/mol. The van der Waals surface area contributed by atoms with E-state index < -0.39 is 22.7 Å². The Morgan fingerprint density at radius 2 is 1.72 bits per heavy atom. The van der Waals surface area contributed by atoms with Gasteiger partial charge in [-0.3, -0.25) is 5.10 Å². The van der Waals surface area contributed by atoms with Crippen LogP contribution < -0.4 is 0 Å². The number of fused-ring (bicyclic) bond motifs is 5. The van der Waals surface area contributed by atoms with E-state index in [4.69, 9.17) is 4.98 Å². The summed E-state index contributed by atoms with van der Waals surface area (Å²) in [6, 6.07) is 11.3. The molecule has 0 unspecified atom stereocenters. The predicted octanol–water partition coefficient (Wildman–Crippen LogP) is 5.03. The Balaban J connectivity index is 1.48. The van der Waals surface area contributed by atoms with Crippen molar-refractivity contribution in [2.75, 3.05) is 0 Å². The van der Waals surface area contributed by atoms with Crippen LogP contribution in [0.4, 0.5) is 8.78 Å². The average Bonchev–Trinajstić information content (AvgIpc) is 3.48. The van der Waals surface area contributed by atoms with Gasteiger partial charge in [0.25, 0.3) is 0 Å². The van der Waals surface area contributed by atoms with Crippen LogP contribution in [0, 0.1) is 17.0 Å². The molecule has 4 aromatic rings. The zero-order valence-electron chi connectivity index (χ0n) is 20.5. The number of pyridine rings is 1. The number of rotatable bonds is 4. The van der Waals surface area contributed by atoms with E-state index in [9.17, 15) is 13.9 Å². The molecule has 0 spiro atoms. The van der Waals surface area contributed by atoms with Gasteiger partial charge in [0.2, 0.25) is 0 Å². The van der Waals surface area contributed by atoms with Gasteiger partial charge in [0, 0.05) is 0 Å². The summed E-state index contributed by atoms with van der Waals surface area (Å²) in [5.74, 6) is -0.422. The molecule has 3 heterocycles. The number of nitrogens with one attached hydrogen (secondary N) is 1. The molecule has 2 N–H and O–H groups in total. The zero-order valence-corrected chi connectivity index (χ0v) is 20.5. The molecule has 7 nitrogen and oxygen atoms in total. The summed E-state index contributed by atoms with van der Waals surface area (Å²) in [7, 11) is 0. The number of halogens is 2. The summed E-state index contributed by atoms with van der Waals surface area (Å²) in [6.07, 6.45) is 1.74. The Morgan fingerprint density at radius 3 is 2.42 bits per heavy atom. The highest BCUT2D eigenvalue weighted by molar-refractivity contribution is 5.64. The Morgan fingerprint density at radius 1 is 1.00 bits per heavy atom. The maximum atomic E-state index is 14.5. The minimum atomic E-state index is -1.16. The van der Waals surface area contributed by atoms with E-state index in [1.807, 2.05) is 18.2 Å². The van der Waals surface area contributed by atoms with Crippen molar-refractivity contribution in [1.82, 2.24) is 30.4 Å². The molecule has 184 valence electrons. The number of aliphatic hydroxyl groups is 1. The molecule has 0 amide bonds. The molecular weight excluding hydrogens is 462 g/mol. The lowest BCUT2D eigenvalue weighted by molar-refractivity contribution is 0.0692. The molecule has 1 aromatic carbocycles. The third-order valence-corrected chi connectivity index (χ3v) is 8.08. The zero-order chi connectivity index (χ0) is 25.5. The Bertz CT molecular complexity index is 1490. The number of aromatic nitrogens is 6. The minimum Gasteiger partial charge on any atom is -0.382 e. The fourth-order valence-corrected chi connectivity index (χ4v) is 6.20. The molecule has 1 saturated carbocycles. The summed E-state index contributed by atoms with van der Waals surface area (Å²) >= 11 is 0. The minimum absolute atomic E-state index is 0.146. The number of hydrogen-bond donors (Lipinski definition) is 2. The standard InChI is InChI=1S/C27H26F2N6O/c1-25(2)15-11-12-27(25,20-10-6-9-18(30-20)23-31-24(35-34-23)26(3,4)36)22-14(15)13-19(32-33-22)21-16(28)7-5-8-17(21)29/h5-10,13,15,36H,11-12H2,1-4H3,(H,31,34,35)/t15-,27-/m0/s1. The maximum Gasteiger partial charge on any atom is 0.199 e. The van der Waals surface area contributed by atoms with E-state index in [-0.39, 0.29) is 22.6 Å². The first-order valence-corrected chi connectivity index (χ1v) is 12.0. The number of nitrogens with zero attached hydrogens (tertiary/aromatic N) is 5. The van der Waals surface area contributed by atoms with Gasteiger partial charge in [-0.25, -0.2) is 18.7 Å². The Labute approximate surface area is 207 Å². The van der Waals surface area contributed by atoms with Crippen molar-refractivity contribution in [2.45, 2.75) is 57.5 Å². The van der Waals surface area contributed by atoms with Crippen LogP contribution in [0.25, 0.3) is 22.8 Å². The highest BCUT2D eigenvalue weighted by Crippen LogP contribution is 2.69. The molecule has 0 radical (unpaired) electrons. The molecule has 2 aliphatic rings. The summed E-state index contributed by atoms with van der Waals surface area (Å²) in [5, 5.41) is 26.2. The van der Waals surface area contributed by atoms with Gasteiger partial charge in [-0.2, -0.15) is 10.2 Å². The summed E-state index contributed by atoms with van der Waals surface area (Å²) in [5.41, 5.74) is 1.31. The van der Waals surface area contributed by atoms with Gasteiger partial charge < -0.3 is 5.11 Å². The second-order valence-electron chi connectivity index (χ2n) is 10.8. The van der Waals surface area contributed by atoms with Crippen LogP contribution in [0.2, 0.25) is 0 Å². The van der Waals surface area contributed by atoms with Gasteiger partial charge in [-0.15, -0.1) is 5.10 Å². The molecule has 1 fully saturated rings. The normalized spacial score (nSPS) is 22.1. The second-order valence-corrected chi connectivity index (χ2v) is 10.8. The molecule has 2 atom stereocenters. The maximum absolute atomic E-state index is 14.5. The number of aromatic amines is 1. The van der Waals surface area contributed by atoms with Crippen LogP contribution in [-0.2, 0) is 11.0 Å². The smallest absolute Gasteiger partial charge is 0.199 e. The van der Waals surface area contributed by atoms with Crippen molar-refractivity contribution < 1.29 is 13.9 Å². The highest BCUT2D eigenvalue weighted by Gasteiger charge is 2.65. The lowest BCUT2D eigenvalue weighted by Crippen LogP contribution is -2.37. The third kappa shape index (κ3) is 3.01. The summed E-state index contributed by atoms with van der Waals surface area (Å²) < 4.78 is 29.0. The summed E-state index contributed by atoms with van der Waals surface area (Å²) in [4.78, 5) is 9.42. The number of benzene rings is 1. The van der Waals surface area contributed by atoms with Gasteiger partial charge >= 0.3 is 0 Å². The topological polar surface area (TPSA) is 100 Å². The molecule has 2 bridgehead atoms. The first kappa shape index (κ1) is 22.8. The van der Waals surface area contributed by atoms with E-state index in [0.29, 0.717) is 17.3 Å². The van der Waals surface area contributed by atoms with E-state index in [2.05, 4.69) is 39.2 Å². The van der Waals surface area contributed by atoms with Crippen molar-refractivity contribution >= 4 is 0 Å².